The minimum absolute atomic E-state index is 0.000521. The van der Waals surface area contributed by atoms with Crippen LogP contribution in [-0.4, -0.2) is 44.1 Å². The number of anilines is 1. The number of carbonyl (C=O) groups is 1. The number of benzene rings is 2. The number of nitrogens with one attached hydrogen (secondary N) is 1. The van der Waals surface area contributed by atoms with Crippen LogP contribution in [0.25, 0.3) is 5.69 Å². The lowest BCUT2D eigenvalue weighted by atomic mass is 10.1. The van der Waals surface area contributed by atoms with Crippen molar-refractivity contribution in [2.24, 2.45) is 0 Å². The zero-order chi connectivity index (χ0) is 21.0. The van der Waals surface area contributed by atoms with Gasteiger partial charge in [0, 0.05) is 6.04 Å². The van der Waals surface area contributed by atoms with Crippen LogP contribution in [0, 0.1) is 15.9 Å². The van der Waals surface area contributed by atoms with Crippen molar-refractivity contribution >= 4 is 17.3 Å². The first kappa shape index (κ1) is 20.1. The number of halogens is 1. The van der Waals surface area contributed by atoms with E-state index in [0.717, 1.165) is 23.4 Å². The highest BCUT2D eigenvalue weighted by atomic mass is 19.1. The molecule has 0 unspecified atom stereocenters. The summed E-state index contributed by atoms with van der Waals surface area (Å²) >= 11 is 0. The number of likely N-dealkylation sites (N-methyl/N-ethyl adjacent to an activating group) is 1. The minimum atomic E-state index is -0.741. The maximum absolute atomic E-state index is 13.2. The summed E-state index contributed by atoms with van der Waals surface area (Å²) < 4.78 is 14.9. The number of hydrogen-bond donors (Lipinski definition) is 1. The van der Waals surface area contributed by atoms with Crippen LogP contribution in [0.4, 0.5) is 15.8 Å². The average molecular weight is 398 g/mol. The quantitative estimate of drug-likeness (QED) is 0.484. The van der Waals surface area contributed by atoms with Gasteiger partial charge in [0.25, 0.3) is 5.69 Å². The number of aromatic nitrogens is 3. The van der Waals surface area contributed by atoms with Crippen LogP contribution >= 0.6 is 0 Å². The Labute approximate surface area is 165 Å². The summed E-state index contributed by atoms with van der Waals surface area (Å²) in [4.78, 5) is 28.4. The Balaban J connectivity index is 1.64. The van der Waals surface area contributed by atoms with Crippen LogP contribution in [0.2, 0.25) is 0 Å². The third kappa shape index (κ3) is 4.79. The molecule has 1 N–H and O–H groups in total. The Bertz CT molecular complexity index is 1010. The number of rotatable bonds is 7. The Morgan fingerprint density at radius 3 is 2.66 bits per heavy atom. The van der Waals surface area contributed by atoms with Gasteiger partial charge < -0.3 is 5.32 Å². The largest absolute Gasteiger partial charge is 0.319 e. The van der Waals surface area contributed by atoms with E-state index >= 15 is 0 Å². The predicted octanol–water partition coefficient (Wildman–Crippen LogP) is 2.95. The van der Waals surface area contributed by atoms with E-state index in [0.29, 0.717) is 0 Å². The molecule has 10 heteroatoms. The van der Waals surface area contributed by atoms with E-state index in [-0.39, 0.29) is 18.3 Å². The molecule has 1 atom stereocenters. The molecule has 150 valence electrons. The maximum atomic E-state index is 13.2. The molecule has 1 aromatic heterocycles. The summed E-state index contributed by atoms with van der Waals surface area (Å²) in [5.74, 6) is -1.18. The number of nitrogens with zero attached hydrogens (tertiary/aromatic N) is 5. The Kier molecular flexibility index (Phi) is 5.93. The van der Waals surface area contributed by atoms with Gasteiger partial charge in [-0.2, -0.15) is 5.10 Å². The second kappa shape index (κ2) is 8.57. The number of hydrogen-bond acceptors (Lipinski definition) is 6. The van der Waals surface area contributed by atoms with E-state index in [4.69, 9.17) is 0 Å². The summed E-state index contributed by atoms with van der Waals surface area (Å²) in [6.07, 6.45) is 3.05. The monoisotopic (exact) mass is 398 g/mol. The molecule has 0 saturated carbocycles. The maximum Gasteiger partial charge on any atom is 0.295 e. The van der Waals surface area contributed by atoms with Crippen molar-refractivity contribution in [1.29, 1.82) is 0 Å². The highest BCUT2D eigenvalue weighted by Crippen LogP contribution is 2.25. The van der Waals surface area contributed by atoms with Crippen LogP contribution in [-0.2, 0) is 4.79 Å². The van der Waals surface area contributed by atoms with Gasteiger partial charge in [-0.1, -0.05) is 12.1 Å². The van der Waals surface area contributed by atoms with E-state index in [9.17, 15) is 19.3 Å². The number of nitro groups is 1. The van der Waals surface area contributed by atoms with Crippen LogP contribution < -0.4 is 5.32 Å². The number of nitro benzene ring substituents is 1. The second-order valence-corrected chi connectivity index (χ2v) is 6.49. The van der Waals surface area contributed by atoms with Crippen molar-refractivity contribution in [2.75, 3.05) is 18.9 Å². The molecule has 0 saturated heterocycles. The van der Waals surface area contributed by atoms with E-state index in [1.807, 2.05) is 31.2 Å². The van der Waals surface area contributed by atoms with Crippen molar-refractivity contribution in [2.45, 2.75) is 13.0 Å². The summed E-state index contributed by atoms with van der Waals surface area (Å²) in [6, 6.07) is 10.6. The second-order valence-electron chi connectivity index (χ2n) is 6.49. The molecule has 0 bridgehead atoms. The fraction of sp³-hybridized carbons (Fsp3) is 0.211. The van der Waals surface area contributed by atoms with Gasteiger partial charge in [0.15, 0.2) is 0 Å². The Morgan fingerprint density at radius 2 is 2.03 bits per heavy atom. The van der Waals surface area contributed by atoms with Gasteiger partial charge in [-0.15, -0.1) is 0 Å². The first-order valence-corrected chi connectivity index (χ1v) is 8.74. The van der Waals surface area contributed by atoms with Crippen molar-refractivity contribution in [3.63, 3.8) is 0 Å². The summed E-state index contributed by atoms with van der Waals surface area (Å²) in [5.41, 5.74) is 1.32. The number of amides is 1. The highest BCUT2D eigenvalue weighted by Gasteiger charge is 2.19. The third-order valence-electron chi connectivity index (χ3n) is 4.54. The molecule has 0 radical (unpaired) electrons. The van der Waals surface area contributed by atoms with Gasteiger partial charge in [-0.25, -0.2) is 14.1 Å². The molecule has 0 aliphatic heterocycles. The molecule has 29 heavy (non-hydrogen) atoms. The zero-order valence-electron chi connectivity index (χ0n) is 15.8. The zero-order valence-corrected chi connectivity index (χ0v) is 15.8. The smallest absolute Gasteiger partial charge is 0.295 e. The first-order valence-electron chi connectivity index (χ1n) is 8.74. The van der Waals surface area contributed by atoms with E-state index < -0.39 is 22.3 Å². The standard InChI is InChI=1S/C19H19FN6O3/c1-13(14-3-6-16(7-4-14)25-12-21-11-22-25)24(2)10-19(27)23-17-8-5-15(20)9-18(17)26(28)29/h3-9,11-13H,10H2,1-2H3,(H,23,27)/t13-/m1/s1. The van der Waals surface area contributed by atoms with Crippen molar-refractivity contribution in [3.05, 3.63) is 76.6 Å². The molecule has 2 aromatic carbocycles. The van der Waals surface area contributed by atoms with E-state index in [1.54, 1.807) is 23.0 Å². The Morgan fingerprint density at radius 1 is 1.31 bits per heavy atom. The van der Waals surface area contributed by atoms with Crippen LogP contribution in [0.5, 0.6) is 0 Å². The topological polar surface area (TPSA) is 106 Å². The molecular weight excluding hydrogens is 379 g/mol. The molecule has 3 aromatic rings. The lowest BCUT2D eigenvalue weighted by molar-refractivity contribution is -0.384. The first-order chi connectivity index (χ1) is 13.8. The van der Waals surface area contributed by atoms with Gasteiger partial charge in [0.2, 0.25) is 5.91 Å². The van der Waals surface area contributed by atoms with Gasteiger partial charge in [0.05, 0.1) is 23.2 Å². The SMILES string of the molecule is C[C@H](c1ccc(-n2cncn2)cc1)N(C)CC(=O)Nc1ccc(F)cc1[N+](=O)[O-]. The average Bonchev–Trinajstić information content (AvgIpc) is 3.23. The minimum Gasteiger partial charge on any atom is -0.319 e. The van der Waals surface area contributed by atoms with Gasteiger partial charge in [-0.3, -0.25) is 19.8 Å². The fourth-order valence-corrected chi connectivity index (χ4v) is 2.82. The molecule has 9 nitrogen and oxygen atoms in total. The molecule has 0 spiro atoms. The van der Waals surface area contributed by atoms with Gasteiger partial charge >= 0.3 is 0 Å². The molecule has 3 rings (SSSR count). The molecule has 1 heterocycles. The Hall–Kier alpha value is -3.66. The van der Waals surface area contributed by atoms with E-state index in [1.165, 1.54) is 12.4 Å². The van der Waals surface area contributed by atoms with Crippen LogP contribution in [0.1, 0.15) is 18.5 Å². The lowest BCUT2D eigenvalue weighted by Gasteiger charge is -2.24. The molecule has 0 aliphatic carbocycles. The normalized spacial score (nSPS) is 12.0. The van der Waals surface area contributed by atoms with E-state index in [2.05, 4.69) is 15.4 Å². The molecule has 1 amide bonds. The summed E-state index contributed by atoms with van der Waals surface area (Å²) in [5, 5.41) is 17.6. The van der Waals surface area contributed by atoms with Crippen molar-refractivity contribution in [1.82, 2.24) is 19.7 Å². The summed E-state index contributed by atoms with van der Waals surface area (Å²) in [7, 11) is 1.77. The van der Waals surface area contributed by atoms with Crippen molar-refractivity contribution < 1.29 is 14.1 Å². The predicted molar refractivity (Wildman–Crippen MR) is 104 cm³/mol. The van der Waals surface area contributed by atoms with Crippen molar-refractivity contribution in [3.8, 4) is 5.69 Å². The molecule has 0 fully saturated rings. The molecular formula is C19H19FN6O3. The van der Waals surface area contributed by atoms with Gasteiger partial charge in [0.1, 0.15) is 24.2 Å². The fourth-order valence-electron chi connectivity index (χ4n) is 2.82. The lowest BCUT2D eigenvalue weighted by Crippen LogP contribution is -2.32. The van der Waals surface area contributed by atoms with Crippen LogP contribution in [0.15, 0.2) is 55.1 Å². The highest BCUT2D eigenvalue weighted by molar-refractivity contribution is 5.94. The summed E-state index contributed by atoms with van der Waals surface area (Å²) in [6.45, 7) is 1.94. The third-order valence-corrected chi connectivity index (χ3v) is 4.54. The number of carbonyl (C=O) groups excluding carboxylic acids is 1. The molecule has 0 aliphatic rings. The van der Waals surface area contributed by atoms with Gasteiger partial charge in [-0.05, 0) is 43.8 Å². The van der Waals surface area contributed by atoms with Crippen LogP contribution in [0.3, 0.4) is 0 Å².